The van der Waals surface area contributed by atoms with E-state index in [4.69, 9.17) is 0 Å². The lowest BCUT2D eigenvalue weighted by Crippen LogP contribution is -2.21. The van der Waals surface area contributed by atoms with Gasteiger partial charge in [-0.2, -0.15) is 0 Å². The summed E-state index contributed by atoms with van der Waals surface area (Å²) < 4.78 is 0. The minimum absolute atomic E-state index is 0.639. The number of hydrogen-bond acceptors (Lipinski definition) is 1. The molecule has 1 N–H and O–H groups in total. The molecular weight excluding hydrogens is 158 g/mol. The van der Waals surface area contributed by atoms with Crippen LogP contribution in [-0.4, -0.2) is 6.04 Å². The first-order valence-corrected chi connectivity index (χ1v) is 5.18. The maximum absolute atomic E-state index is 3.53. The summed E-state index contributed by atoms with van der Waals surface area (Å²) in [7, 11) is 0. The molecule has 1 nitrogen and oxygen atoms in total. The monoisotopic (exact) mass is 175 g/mol. The maximum atomic E-state index is 3.53. The molecule has 1 unspecified atom stereocenters. The van der Waals surface area contributed by atoms with E-state index < -0.39 is 0 Å². The molecule has 1 aromatic rings. The summed E-state index contributed by atoms with van der Waals surface area (Å²) in [4.78, 5) is 0. The van der Waals surface area contributed by atoms with Gasteiger partial charge in [-0.05, 0) is 43.4 Å². The van der Waals surface area contributed by atoms with Crippen molar-refractivity contribution in [3.8, 4) is 0 Å². The Labute approximate surface area is 80.2 Å². The molecule has 1 atom stereocenters. The first-order valence-electron chi connectivity index (χ1n) is 5.18. The van der Waals surface area contributed by atoms with Crippen molar-refractivity contribution in [3.05, 3.63) is 29.3 Å². The summed E-state index contributed by atoms with van der Waals surface area (Å²) in [5, 5.41) is 3.53. The number of aryl methyl sites for hydroxylation is 2. The molecule has 0 aromatic heterocycles. The van der Waals surface area contributed by atoms with Crippen molar-refractivity contribution >= 4 is 5.69 Å². The third-order valence-electron chi connectivity index (χ3n) is 2.83. The Hall–Kier alpha value is -0.980. The molecule has 0 bridgehead atoms. The van der Waals surface area contributed by atoms with E-state index in [2.05, 4.69) is 37.4 Å². The van der Waals surface area contributed by atoms with Crippen LogP contribution in [0.1, 0.15) is 31.4 Å². The summed E-state index contributed by atoms with van der Waals surface area (Å²) >= 11 is 0. The second-order valence-electron chi connectivity index (χ2n) is 3.93. The molecule has 0 spiro atoms. The van der Waals surface area contributed by atoms with Crippen LogP contribution in [-0.2, 0) is 12.8 Å². The van der Waals surface area contributed by atoms with Crippen LogP contribution in [0.3, 0.4) is 0 Å². The van der Waals surface area contributed by atoms with Crippen molar-refractivity contribution in [2.24, 2.45) is 0 Å². The van der Waals surface area contributed by atoms with Crippen LogP contribution in [0.15, 0.2) is 18.2 Å². The SMILES string of the molecule is CCc1ccc2c(c1)NC(C)CC2. The molecule has 0 saturated carbocycles. The number of rotatable bonds is 1. The first-order chi connectivity index (χ1) is 6.29. The van der Waals surface area contributed by atoms with E-state index in [1.54, 1.807) is 0 Å². The highest BCUT2D eigenvalue weighted by Crippen LogP contribution is 2.25. The highest BCUT2D eigenvalue weighted by atomic mass is 14.9. The minimum Gasteiger partial charge on any atom is -0.382 e. The molecule has 2 rings (SSSR count). The third kappa shape index (κ3) is 1.69. The molecule has 1 aromatic carbocycles. The zero-order chi connectivity index (χ0) is 9.26. The van der Waals surface area contributed by atoms with Gasteiger partial charge in [-0.15, -0.1) is 0 Å². The highest BCUT2D eigenvalue weighted by Gasteiger charge is 2.13. The molecule has 0 saturated heterocycles. The molecule has 1 heteroatoms. The average molecular weight is 175 g/mol. The Morgan fingerprint density at radius 1 is 1.46 bits per heavy atom. The van der Waals surface area contributed by atoms with Gasteiger partial charge in [0.15, 0.2) is 0 Å². The summed E-state index contributed by atoms with van der Waals surface area (Å²) in [6.07, 6.45) is 3.62. The Morgan fingerprint density at radius 3 is 3.08 bits per heavy atom. The van der Waals surface area contributed by atoms with Gasteiger partial charge >= 0.3 is 0 Å². The number of hydrogen-bond donors (Lipinski definition) is 1. The lowest BCUT2D eigenvalue weighted by molar-refractivity contribution is 0.680. The second kappa shape index (κ2) is 3.41. The van der Waals surface area contributed by atoms with Crippen molar-refractivity contribution in [1.82, 2.24) is 0 Å². The van der Waals surface area contributed by atoms with Gasteiger partial charge in [0.25, 0.3) is 0 Å². The van der Waals surface area contributed by atoms with Crippen LogP contribution in [0.2, 0.25) is 0 Å². The Bertz CT molecular complexity index is 304. The van der Waals surface area contributed by atoms with Crippen LogP contribution < -0.4 is 5.32 Å². The van der Waals surface area contributed by atoms with Crippen molar-refractivity contribution in [2.75, 3.05) is 5.32 Å². The van der Waals surface area contributed by atoms with Crippen LogP contribution >= 0.6 is 0 Å². The van der Waals surface area contributed by atoms with E-state index in [-0.39, 0.29) is 0 Å². The summed E-state index contributed by atoms with van der Waals surface area (Å²) in [6.45, 7) is 4.45. The van der Waals surface area contributed by atoms with Crippen molar-refractivity contribution in [1.29, 1.82) is 0 Å². The fraction of sp³-hybridized carbons (Fsp3) is 0.500. The van der Waals surface area contributed by atoms with Crippen LogP contribution in [0.5, 0.6) is 0 Å². The number of anilines is 1. The predicted molar refractivity (Wildman–Crippen MR) is 57.2 cm³/mol. The van der Waals surface area contributed by atoms with E-state index in [9.17, 15) is 0 Å². The number of fused-ring (bicyclic) bond motifs is 1. The lowest BCUT2D eigenvalue weighted by atomic mass is 9.97. The zero-order valence-electron chi connectivity index (χ0n) is 8.43. The standard InChI is InChI=1S/C12H17N/c1-3-10-5-7-11-6-4-9(2)13-12(11)8-10/h5,7-9,13H,3-4,6H2,1-2H3. The van der Waals surface area contributed by atoms with Crippen LogP contribution in [0.4, 0.5) is 5.69 Å². The van der Waals surface area contributed by atoms with Gasteiger partial charge in [0.1, 0.15) is 0 Å². The van der Waals surface area contributed by atoms with E-state index in [0.29, 0.717) is 6.04 Å². The smallest absolute Gasteiger partial charge is 0.0377 e. The number of nitrogens with one attached hydrogen (secondary N) is 1. The Morgan fingerprint density at radius 2 is 2.31 bits per heavy atom. The van der Waals surface area contributed by atoms with Crippen LogP contribution in [0.25, 0.3) is 0 Å². The van der Waals surface area contributed by atoms with E-state index in [0.717, 1.165) is 6.42 Å². The molecule has 1 heterocycles. The third-order valence-corrected chi connectivity index (χ3v) is 2.83. The predicted octanol–water partition coefficient (Wildman–Crippen LogP) is 3.00. The van der Waals surface area contributed by atoms with Crippen molar-refractivity contribution < 1.29 is 0 Å². The van der Waals surface area contributed by atoms with E-state index in [1.807, 2.05) is 0 Å². The number of benzene rings is 1. The van der Waals surface area contributed by atoms with Crippen molar-refractivity contribution in [3.63, 3.8) is 0 Å². The quantitative estimate of drug-likeness (QED) is 0.692. The van der Waals surface area contributed by atoms with E-state index in [1.165, 1.54) is 29.7 Å². The first kappa shape index (κ1) is 8.61. The molecule has 0 amide bonds. The topological polar surface area (TPSA) is 12.0 Å². The fourth-order valence-electron chi connectivity index (χ4n) is 1.91. The average Bonchev–Trinajstić information content (AvgIpc) is 2.16. The normalized spacial score (nSPS) is 20.6. The van der Waals surface area contributed by atoms with Crippen molar-refractivity contribution in [2.45, 2.75) is 39.2 Å². The minimum atomic E-state index is 0.639. The molecule has 0 radical (unpaired) electrons. The molecule has 0 aliphatic carbocycles. The van der Waals surface area contributed by atoms with Gasteiger partial charge in [0.05, 0.1) is 0 Å². The van der Waals surface area contributed by atoms with Gasteiger partial charge < -0.3 is 5.32 Å². The Balaban J connectivity index is 2.32. The van der Waals surface area contributed by atoms with Gasteiger partial charge in [-0.25, -0.2) is 0 Å². The fourth-order valence-corrected chi connectivity index (χ4v) is 1.91. The van der Waals surface area contributed by atoms with Gasteiger partial charge in [-0.1, -0.05) is 19.1 Å². The zero-order valence-corrected chi connectivity index (χ0v) is 8.43. The summed E-state index contributed by atoms with van der Waals surface area (Å²) in [6, 6.07) is 7.45. The van der Waals surface area contributed by atoms with Gasteiger partial charge in [0.2, 0.25) is 0 Å². The molecule has 1 aliphatic rings. The summed E-state index contributed by atoms with van der Waals surface area (Å²) in [5.74, 6) is 0. The maximum Gasteiger partial charge on any atom is 0.0377 e. The lowest BCUT2D eigenvalue weighted by Gasteiger charge is -2.24. The molecule has 70 valence electrons. The Kier molecular flexibility index (Phi) is 2.26. The molecule has 0 fully saturated rings. The summed E-state index contributed by atoms with van der Waals surface area (Å²) in [5.41, 5.74) is 4.27. The van der Waals surface area contributed by atoms with Gasteiger partial charge in [0, 0.05) is 11.7 Å². The second-order valence-corrected chi connectivity index (χ2v) is 3.93. The van der Waals surface area contributed by atoms with Gasteiger partial charge in [-0.3, -0.25) is 0 Å². The molecular formula is C12H17N. The largest absolute Gasteiger partial charge is 0.382 e. The highest BCUT2D eigenvalue weighted by molar-refractivity contribution is 5.55. The van der Waals surface area contributed by atoms with E-state index >= 15 is 0 Å². The molecule has 13 heavy (non-hydrogen) atoms. The van der Waals surface area contributed by atoms with Crippen LogP contribution in [0, 0.1) is 0 Å². The molecule has 1 aliphatic heterocycles.